The molecule has 1 saturated heterocycles. The number of halogens is 1. The van der Waals surface area contributed by atoms with E-state index in [9.17, 15) is 9.18 Å². The van der Waals surface area contributed by atoms with Crippen LogP contribution in [-0.2, 0) is 6.61 Å². The predicted octanol–water partition coefficient (Wildman–Crippen LogP) is 4.13. The van der Waals surface area contributed by atoms with Crippen LogP contribution < -0.4 is 9.64 Å². The standard InChI is InChI=1S/C22H22FN3O2S/c1-16-24-18(15-29-16)14-28-19-6-4-5-17(13-19)22(27)26-11-9-25(10-12-26)21-8-3-2-7-20(21)23/h2-8,13,15H,9-12,14H2,1H3. The molecule has 5 nitrogen and oxygen atoms in total. The lowest BCUT2D eigenvalue weighted by molar-refractivity contribution is 0.0746. The lowest BCUT2D eigenvalue weighted by atomic mass is 10.1. The number of hydrogen-bond donors (Lipinski definition) is 0. The lowest BCUT2D eigenvalue weighted by Gasteiger charge is -2.36. The van der Waals surface area contributed by atoms with Crippen molar-refractivity contribution < 1.29 is 13.9 Å². The highest BCUT2D eigenvalue weighted by Crippen LogP contribution is 2.22. The van der Waals surface area contributed by atoms with E-state index in [1.807, 2.05) is 35.4 Å². The quantitative estimate of drug-likeness (QED) is 0.633. The zero-order chi connectivity index (χ0) is 20.2. The summed E-state index contributed by atoms with van der Waals surface area (Å²) < 4.78 is 19.8. The molecule has 3 aromatic rings. The maximum absolute atomic E-state index is 14.0. The first-order valence-electron chi connectivity index (χ1n) is 9.53. The Morgan fingerprint density at radius 2 is 1.93 bits per heavy atom. The van der Waals surface area contributed by atoms with Gasteiger partial charge in [0.2, 0.25) is 0 Å². The van der Waals surface area contributed by atoms with Gasteiger partial charge in [-0.05, 0) is 37.3 Å². The van der Waals surface area contributed by atoms with E-state index in [0.717, 1.165) is 10.7 Å². The number of aryl methyl sites for hydroxylation is 1. The summed E-state index contributed by atoms with van der Waals surface area (Å²) in [4.78, 5) is 21.1. The summed E-state index contributed by atoms with van der Waals surface area (Å²) in [7, 11) is 0. The van der Waals surface area contributed by atoms with Gasteiger partial charge in [0.15, 0.2) is 0 Å². The number of anilines is 1. The number of hydrogen-bond acceptors (Lipinski definition) is 5. The fourth-order valence-electron chi connectivity index (χ4n) is 3.39. The number of nitrogens with zero attached hydrogens (tertiary/aromatic N) is 3. The number of para-hydroxylation sites is 1. The molecule has 0 radical (unpaired) electrons. The van der Waals surface area contributed by atoms with Crippen LogP contribution in [0.4, 0.5) is 10.1 Å². The van der Waals surface area contributed by atoms with Gasteiger partial charge in [-0.25, -0.2) is 9.37 Å². The highest BCUT2D eigenvalue weighted by atomic mass is 32.1. The average Bonchev–Trinajstić information content (AvgIpc) is 3.18. The molecule has 29 heavy (non-hydrogen) atoms. The van der Waals surface area contributed by atoms with E-state index in [1.165, 1.54) is 6.07 Å². The molecule has 1 fully saturated rings. The highest BCUT2D eigenvalue weighted by Gasteiger charge is 2.23. The monoisotopic (exact) mass is 411 g/mol. The molecule has 4 rings (SSSR count). The van der Waals surface area contributed by atoms with Crippen molar-refractivity contribution in [3.05, 3.63) is 76.0 Å². The molecular weight excluding hydrogens is 389 g/mol. The first kappa shape index (κ1) is 19.4. The fourth-order valence-corrected chi connectivity index (χ4v) is 3.99. The van der Waals surface area contributed by atoms with Crippen molar-refractivity contribution in [3.63, 3.8) is 0 Å². The first-order valence-corrected chi connectivity index (χ1v) is 10.4. The van der Waals surface area contributed by atoms with Crippen LogP contribution in [-0.4, -0.2) is 42.0 Å². The summed E-state index contributed by atoms with van der Waals surface area (Å²) in [6, 6.07) is 14.0. The van der Waals surface area contributed by atoms with Crippen LogP contribution in [0.5, 0.6) is 5.75 Å². The summed E-state index contributed by atoms with van der Waals surface area (Å²) in [5.41, 5.74) is 2.07. The molecule has 0 N–H and O–H groups in total. The maximum Gasteiger partial charge on any atom is 0.254 e. The number of piperazine rings is 1. The Morgan fingerprint density at radius 3 is 2.66 bits per heavy atom. The molecule has 1 amide bonds. The second-order valence-electron chi connectivity index (χ2n) is 6.91. The van der Waals surface area contributed by atoms with Gasteiger partial charge in [0.1, 0.15) is 18.2 Å². The van der Waals surface area contributed by atoms with E-state index in [-0.39, 0.29) is 11.7 Å². The predicted molar refractivity (Wildman–Crippen MR) is 112 cm³/mol. The van der Waals surface area contributed by atoms with E-state index in [2.05, 4.69) is 4.98 Å². The van der Waals surface area contributed by atoms with Gasteiger partial charge < -0.3 is 14.5 Å². The van der Waals surface area contributed by atoms with E-state index < -0.39 is 0 Å². The summed E-state index contributed by atoms with van der Waals surface area (Å²) >= 11 is 1.59. The topological polar surface area (TPSA) is 45.7 Å². The zero-order valence-corrected chi connectivity index (χ0v) is 17.0. The number of amides is 1. The molecule has 1 aromatic heterocycles. The van der Waals surface area contributed by atoms with Crippen LogP contribution in [0.25, 0.3) is 0 Å². The Hall–Kier alpha value is -2.93. The molecule has 2 aromatic carbocycles. The normalized spacial score (nSPS) is 14.1. The second-order valence-corrected chi connectivity index (χ2v) is 7.97. The molecule has 0 atom stereocenters. The molecule has 0 bridgehead atoms. The number of rotatable bonds is 5. The Kier molecular flexibility index (Phi) is 5.76. The lowest BCUT2D eigenvalue weighted by Crippen LogP contribution is -2.49. The number of benzene rings is 2. The van der Waals surface area contributed by atoms with Crippen LogP contribution in [0.2, 0.25) is 0 Å². The molecule has 0 unspecified atom stereocenters. The van der Waals surface area contributed by atoms with Crippen LogP contribution >= 0.6 is 11.3 Å². The third-order valence-corrected chi connectivity index (χ3v) is 5.72. The van der Waals surface area contributed by atoms with Crippen molar-refractivity contribution in [2.75, 3.05) is 31.1 Å². The molecule has 0 aliphatic carbocycles. The summed E-state index contributed by atoms with van der Waals surface area (Å²) in [6.07, 6.45) is 0. The van der Waals surface area contributed by atoms with Crippen molar-refractivity contribution in [1.29, 1.82) is 0 Å². The molecule has 1 aliphatic rings. The van der Waals surface area contributed by atoms with Crippen molar-refractivity contribution >= 4 is 22.9 Å². The van der Waals surface area contributed by atoms with Gasteiger partial charge in [-0.1, -0.05) is 18.2 Å². The van der Waals surface area contributed by atoms with Crippen molar-refractivity contribution in [2.45, 2.75) is 13.5 Å². The molecule has 0 saturated carbocycles. The third-order valence-electron chi connectivity index (χ3n) is 4.89. The summed E-state index contributed by atoms with van der Waals surface area (Å²) in [5, 5.41) is 2.97. The van der Waals surface area contributed by atoms with Gasteiger partial charge in [0.05, 0.1) is 16.4 Å². The maximum atomic E-state index is 14.0. The van der Waals surface area contributed by atoms with E-state index >= 15 is 0 Å². The van der Waals surface area contributed by atoms with Gasteiger partial charge in [0.25, 0.3) is 5.91 Å². The van der Waals surface area contributed by atoms with Crippen LogP contribution in [0.1, 0.15) is 21.1 Å². The van der Waals surface area contributed by atoms with Crippen molar-refractivity contribution in [2.24, 2.45) is 0 Å². The number of carbonyl (C=O) groups excluding carboxylic acids is 1. The molecule has 2 heterocycles. The number of carbonyl (C=O) groups is 1. The third kappa shape index (κ3) is 4.56. The first-order chi connectivity index (χ1) is 14.1. The SMILES string of the molecule is Cc1nc(COc2cccc(C(=O)N3CCN(c4ccccc4F)CC3)c2)cs1. The second kappa shape index (κ2) is 8.61. The number of aromatic nitrogens is 1. The molecular formula is C22H22FN3O2S. The minimum Gasteiger partial charge on any atom is -0.487 e. The number of ether oxygens (including phenoxy) is 1. The van der Waals surface area contributed by atoms with E-state index in [0.29, 0.717) is 49.8 Å². The van der Waals surface area contributed by atoms with Crippen LogP contribution in [0, 0.1) is 12.7 Å². The molecule has 150 valence electrons. The van der Waals surface area contributed by atoms with Gasteiger partial charge >= 0.3 is 0 Å². The van der Waals surface area contributed by atoms with Crippen LogP contribution in [0.15, 0.2) is 53.9 Å². The fraction of sp³-hybridized carbons (Fsp3) is 0.273. The summed E-state index contributed by atoms with van der Waals surface area (Å²) in [5.74, 6) is 0.382. The minimum atomic E-state index is -0.229. The Bertz CT molecular complexity index is 999. The van der Waals surface area contributed by atoms with Gasteiger partial charge in [-0.15, -0.1) is 11.3 Å². The van der Waals surface area contributed by atoms with Crippen molar-refractivity contribution in [3.8, 4) is 5.75 Å². The van der Waals surface area contributed by atoms with Gasteiger partial charge in [-0.3, -0.25) is 4.79 Å². The minimum absolute atomic E-state index is 0.0341. The van der Waals surface area contributed by atoms with Gasteiger partial charge in [0, 0.05) is 37.1 Å². The Morgan fingerprint density at radius 1 is 1.14 bits per heavy atom. The van der Waals surface area contributed by atoms with E-state index in [4.69, 9.17) is 4.74 Å². The van der Waals surface area contributed by atoms with Gasteiger partial charge in [-0.2, -0.15) is 0 Å². The Balaban J connectivity index is 1.37. The van der Waals surface area contributed by atoms with E-state index in [1.54, 1.807) is 40.5 Å². The average molecular weight is 412 g/mol. The zero-order valence-electron chi connectivity index (χ0n) is 16.2. The summed E-state index contributed by atoms with van der Waals surface area (Å²) in [6.45, 7) is 4.65. The molecule has 7 heteroatoms. The largest absolute Gasteiger partial charge is 0.487 e. The van der Waals surface area contributed by atoms with Crippen LogP contribution in [0.3, 0.4) is 0 Å². The smallest absolute Gasteiger partial charge is 0.254 e. The highest BCUT2D eigenvalue weighted by molar-refractivity contribution is 7.09. The van der Waals surface area contributed by atoms with Crippen molar-refractivity contribution in [1.82, 2.24) is 9.88 Å². The molecule has 1 aliphatic heterocycles. The Labute approximate surface area is 173 Å². The number of thiazole rings is 1. The molecule has 0 spiro atoms.